The number of hydrogen-bond acceptors (Lipinski definition) is 5. The van der Waals surface area contributed by atoms with Crippen LogP contribution in [0.1, 0.15) is 52.7 Å². The van der Waals surface area contributed by atoms with Crippen molar-refractivity contribution in [2.45, 2.75) is 70.8 Å². The van der Waals surface area contributed by atoms with Crippen molar-refractivity contribution in [3.63, 3.8) is 0 Å². The highest BCUT2D eigenvalue weighted by Crippen LogP contribution is 2.38. The molecule has 2 unspecified atom stereocenters. The van der Waals surface area contributed by atoms with Crippen molar-refractivity contribution in [3.05, 3.63) is 58.7 Å². The number of likely N-dealkylation sites (N-methyl/N-ethyl adjacent to an activating group) is 1. The zero-order valence-corrected chi connectivity index (χ0v) is 20.7. The van der Waals surface area contributed by atoms with Gasteiger partial charge in [-0.2, -0.15) is 8.78 Å². The molecule has 0 aliphatic carbocycles. The average molecular weight is 488 g/mol. The van der Waals surface area contributed by atoms with Crippen molar-refractivity contribution in [1.82, 2.24) is 15.5 Å². The van der Waals surface area contributed by atoms with E-state index in [1.54, 1.807) is 0 Å². The molecule has 2 atom stereocenters. The van der Waals surface area contributed by atoms with Gasteiger partial charge in [-0.1, -0.05) is 6.07 Å². The molecule has 2 fully saturated rings. The summed E-state index contributed by atoms with van der Waals surface area (Å²) >= 11 is 0. The van der Waals surface area contributed by atoms with Gasteiger partial charge in [-0.05, 0) is 93.6 Å². The maximum Gasteiger partial charge on any atom is 0.387 e. The summed E-state index contributed by atoms with van der Waals surface area (Å²) < 4.78 is 35.0. The molecule has 0 spiro atoms. The summed E-state index contributed by atoms with van der Waals surface area (Å²) in [5.74, 6) is 0.817. The van der Waals surface area contributed by atoms with Crippen molar-refractivity contribution >= 4 is 5.91 Å². The Balaban J connectivity index is 1.34. The summed E-state index contributed by atoms with van der Waals surface area (Å²) in [6, 6.07) is 11.1. The fraction of sp³-hybridized carbons (Fsp3) is 0.519. The molecule has 2 bridgehead atoms. The molecule has 2 N–H and O–H groups in total. The Labute approximate surface area is 206 Å². The van der Waals surface area contributed by atoms with E-state index in [0.717, 1.165) is 44.5 Å². The first-order valence-electron chi connectivity index (χ1n) is 12.3. The Bertz CT molecular complexity index is 1000. The molecule has 4 rings (SSSR count). The van der Waals surface area contributed by atoms with E-state index in [4.69, 9.17) is 4.74 Å². The van der Waals surface area contributed by atoms with Gasteiger partial charge in [0.15, 0.2) is 0 Å². The Hall–Kier alpha value is -2.71. The Kier molecular flexibility index (Phi) is 8.23. The third-order valence-electron chi connectivity index (χ3n) is 7.37. The summed E-state index contributed by atoms with van der Waals surface area (Å²) in [6.07, 6.45) is 4.11. The maximum atomic E-state index is 12.7. The van der Waals surface area contributed by atoms with Gasteiger partial charge in [-0.15, -0.1) is 0 Å². The van der Waals surface area contributed by atoms with Gasteiger partial charge >= 0.3 is 6.61 Å². The van der Waals surface area contributed by atoms with Crippen LogP contribution in [-0.2, 0) is 6.54 Å². The van der Waals surface area contributed by atoms with E-state index in [2.05, 4.69) is 46.3 Å². The first-order valence-corrected chi connectivity index (χ1v) is 12.3. The zero-order chi connectivity index (χ0) is 24.9. The van der Waals surface area contributed by atoms with E-state index >= 15 is 0 Å². The van der Waals surface area contributed by atoms with Crippen molar-refractivity contribution in [2.75, 3.05) is 20.2 Å². The predicted molar refractivity (Wildman–Crippen MR) is 131 cm³/mol. The molecule has 0 radical (unpaired) electrons. The molecule has 2 aromatic rings. The Morgan fingerprint density at radius 3 is 2.37 bits per heavy atom. The molecule has 2 heterocycles. The van der Waals surface area contributed by atoms with Gasteiger partial charge < -0.3 is 20.1 Å². The normalized spacial score (nSPS) is 21.8. The fourth-order valence-corrected chi connectivity index (χ4v) is 5.35. The number of ether oxygens (including phenoxy) is 2. The summed E-state index contributed by atoms with van der Waals surface area (Å²) in [7, 11) is 1.92. The van der Waals surface area contributed by atoms with Gasteiger partial charge in [-0.3, -0.25) is 9.69 Å². The predicted octanol–water partition coefficient (Wildman–Crippen LogP) is 4.43. The highest BCUT2D eigenvalue weighted by molar-refractivity contribution is 5.94. The van der Waals surface area contributed by atoms with Crippen LogP contribution in [0, 0.1) is 13.8 Å². The number of rotatable bonds is 10. The summed E-state index contributed by atoms with van der Waals surface area (Å²) in [5, 5.41) is 6.26. The van der Waals surface area contributed by atoms with Gasteiger partial charge in [0.2, 0.25) is 0 Å². The number of fused-ring (bicyclic) bond motifs is 2. The van der Waals surface area contributed by atoms with Gasteiger partial charge in [-0.25, -0.2) is 0 Å². The second-order valence-electron chi connectivity index (χ2n) is 9.53. The number of carbonyl (C=O) groups is 1. The minimum Gasteiger partial charge on any atom is -0.492 e. The lowest BCUT2D eigenvalue weighted by atomic mass is 9.94. The van der Waals surface area contributed by atoms with E-state index in [1.165, 1.54) is 41.0 Å². The van der Waals surface area contributed by atoms with Gasteiger partial charge in [0.1, 0.15) is 18.1 Å². The molecule has 190 valence electrons. The molecule has 0 saturated carbocycles. The van der Waals surface area contributed by atoms with Crippen LogP contribution < -0.4 is 20.1 Å². The van der Waals surface area contributed by atoms with Crippen LogP contribution >= 0.6 is 0 Å². The molecule has 2 aliphatic rings. The molecule has 2 aliphatic heterocycles. The highest BCUT2D eigenvalue weighted by Gasteiger charge is 2.41. The first kappa shape index (κ1) is 25.4. The molecule has 8 heteroatoms. The van der Waals surface area contributed by atoms with E-state index < -0.39 is 6.61 Å². The molecular formula is C27H35F2N3O3. The SMILES string of the molecule is CNCCOc1ccc(CN2C3CCC2CC(NC(=O)c2ccc(OC(F)F)cc2)C3)c(C)c1C. The summed E-state index contributed by atoms with van der Waals surface area (Å²) in [5.41, 5.74) is 4.25. The standard InChI is InChI=1S/C27H35F2N3O3/c1-17-18(2)25(34-13-12-30-3)11-6-20(17)16-32-22-7-8-23(32)15-21(14-22)31-26(33)19-4-9-24(10-5-19)35-27(28)29/h4-6,9-11,21-23,27,30H,7-8,12-16H2,1-3H3,(H,31,33). The average Bonchev–Trinajstić information content (AvgIpc) is 3.05. The smallest absolute Gasteiger partial charge is 0.387 e. The lowest BCUT2D eigenvalue weighted by Crippen LogP contribution is -2.50. The lowest BCUT2D eigenvalue weighted by Gasteiger charge is -2.39. The topological polar surface area (TPSA) is 62.8 Å². The molecule has 2 aromatic carbocycles. The maximum absolute atomic E-state index is 12.7. The number of carbonyl (C=O) groups excluding carboxylic acids is 1. The van der Waals surface area contributed by atoms with Crippen LogP contribution in [0.5, 0.6) is 11.5 Å². The minimum absolute atomic E-state index is 0.0472. The highest BCUT2D eigenvalue weighted by atomic mass is 19.3. The molecular weight excluding hydrogens is 452 g/mol. The first-order chi connectivity index (χ1) is 16.9. The van der Waals surface area contributed by atoms with Crippen LogP contribution in [0.3, 0.4) is 0 Å². The Morgan fingerprint density at radius 2 is 1.74 bits per heavy atom. The number of piperidine rings is 1. The van der Waals surface area contributed by atoms with E-state index in [-0.39, 0.29) is 17.7 Å². The van der Waals surface area contributed by atoms with Crippen LogP contribution in [0.4, 0.5) is 8.78 Å². The minimum atomic E-state index is -2.88. The van der Waals surface area contributed by atoms with Crippen LogP contribution in [0.15, 0.2) is 36.4 Å². The summed E-state index contributed by atoms with van der Waals surface area (Å²) in [6.45, 7) is 3.78. The zero-order valence-electron chi connectivity index (χ0n) is 20.7. The number of amides is 1. The molecule has 35 heavy (non-hydrogen) atoms. The van der Waals surface area contributed by atoms with E-state index in [1.807, 2.05) is 7.05 Å². The summed E-state index contributed by atoms with van der Waals surface area (Å²) in [4.78, 5) is 15.3. The van der Waals surface area contributed by atoms with E-state index in [9.17, 15) is 13.6 Å². The third kappa shape index (κ3) is 6.11. The molecule has 6 nitrogen and oxygen atoms in total. The third-order valence-corrected chi connectivity index (χ3v) is 7.37. The molecule has 1 amide bonds. The second kappa shape index (κ2) is 11.4. The van der Waals surface area contributed by atoms with E-state index in [0.29, 0.717) is 24.3 Å². The van der Waals surface area contributed by atoms with Crippen LogP contribution in [0.25, 0.3) is 0 Å². The second-order valence-corrected chi connectivity index (χ2v) is 9.53. The van der Waals surface area contributed by atoms with Gasteiger partial charge in [0, 0.05) is 36.8 Å². The number of nitrogens with one attached hydrogen (secondary N) is 2. The quantitative estimate of drug-likeness (QED) is 0.486. The molecule has 2 saturated heterocycles. The number of halogens is 2. The number of alkyl halides is 2. The monoisotopic (exact) mass is 487 g/mol. The van der Waals surface area contributed by atoms with Crippen LogP contribution in [-0.4, -0.2) is 55.7 Å². The number of benzene rings is 2. The largest absolute Gasteiger partial charge is 0.492 e. The van der Waals surface area contributed by atoms with Crippen molar-refractivity contribution in [2.24, 2.45) is 0 Å². The molecule has 0 aromatic heterocycles. The van der Waals surface area contributed by atoms with Gasteiger partial charge in [0.25, 0.3) is 5.91 Å². The van der Waals surface area contributed by atoms with Gasteiger partial charge in [0.05, 0.1) is 0 Å². The van der Waals surface area contributed by atoms with Crippen molar-refractivity contribution < 1.29 is 23.0 Å². The number of hydrogen-bond donors (Lipinski definition) is 2. The van der Waals surface area contributed by atoms with Crippen molar-refractivity contribution in [1.29, 1.82) is 0 Å². The fourth-order valence-electron chi connectivity index (χ4n) is 5.35. The lowest BCUT2D eigenvalue weighted by molar-refractivity contribution is -0.0498. The Morgan fingerprint density at radius 1 is 1.06 bits per heavy atom. The van der Waals surface area contributed by atoms with Crippen LogP contribution in [0.2, 0.25) is 0 Å². The number of nitrogens with zero attached hydrogens (tertiary/aromatic N) is 1. The van der Waals surface area contributed by atoms with Crippen molar-refractivity contribution in [3.8, 4) is 11.5 Å².